The van der Waals surface area contributed by atoms with E-state index in [2.05, 4.69) is 22.2 Å². The van der Waals surface area contributed by atoms with Gasteiger partial charge in [-0.05, 0) is 20.4 Å². The number of amides is 1. The molecule has 2 unspecified atom stereocenters. The number of likely N-dealkylation sites (N-methyl/N-ethyl adjacent to an activating group) is 1. The molecule has 1 aliphatic heterocycles. The first-order chi connectivity index (χ1) is 11.6. The number of hydrogen-bond acceptors (Lipinski definition) is 5. The van der Waals surface area contributed by atoms with E-state index in [9.17, 15) is 4.79 Å². The maximum atomic E-state index is 13.0. The van der Waals surface area contributed by atoms with Gasteiger partial charge in [0.25, 0.3) is 0 Å². The first-order valence-corrected chi connectivity index (χ1v) is 8.87. The van der Waals surface area contributed by atoms with E-state index in [-0.39, 0.29) is 36.8 Å². The number of aryl methyl sites for hydroxylation is 1. The number of carbonyl (C=O) groups excluding carboxylic acids is 1. The fourth-order valence-electron chi connectivity index (χ4n) is 3.31. The zero-order chi connectivity index (χ0) is 17.5. The van der Waals surface area contributed by atoms with Crippen molar-refractivity contribution >= 4 is 30.7 Å². The van der Waals surface area contributed by atoms with E-state index in [1.165, 1.54) is 0 Å². The van der Waals surface area contributed by atoms with Crippen molar-refractivity contribution in [2.45, 2.75) is 32.4 Å². The van der Waals surface area contributed by atoms with Crippen molar-refractivity contribution in [3.8, 4) is 0 Å². The lowest BCUT2D eigenvalue weighted by atomic mass is 10.1. The average Bonchev–Trinajstić information content (AvgIpc) is 3.02. The molecule has 1 saturated heterocycles. The highest BCUT2D eigenvalue weighted by atomic mass is 35.5. The summed E-state index contributed by atoms with van der Waals surface area (Å²) in [4.78, 5) is 17.4. The number of halogens is 2. The van der Waals surface area contributed by atoms with E-state index < -0.39 is 0 Å². The number of carbonyl (C=O) groups is 1. The molecule has 9 heteroatoms. The molecule has 0 aromatic carbocycles. The number of ether oxygens (including phenoxy) is 1. The monoisotopic (exact) mass is 409 g/mol. The number of nitrogens with zero attached hydrogens (tertiary/aromatic N) is 4. The van der Waals surface area contributed by atoms with Crippen LogP contribution in [0, 0.1) is 0 Å². The van der Waals surface area contributed by atoms with Crippen LogP contribution in [-0.4, -0.2) is 78.0 Å². The molecule has 1 fully saturated rings. The van der Waals surface area contributed by atoms with Gasteiger partial charge < -0.3 is 15.0 Å². The van der Waals surface area contributed by atoms with Crippen molar-refractivity contribution in [2.75, 3.05) is 46.4 Å². The summed E-state index contributed by atoms with van der Waals surface area (Å²) in [5.74, 6) is 0.133. The Balaban J connectivity index is 0.00000312. The Morgan fingerprint density at radius 3 is 2.65 bits per heavy atom. The Bertz CT molecular complexity index is 529. The third kappa shape index (κ3) is 6.39. The van der Waals surface area contributed by atoms with Crippen molar-refractivity contribution in [1.29, 1.82) is 0 Å². The second-order valence-corrected chi connectivity index (χ2v) is 6.25. The Kier molecular flexibility index (Phi) is 12.1. The van der Waals surface area contributed by atoms with Crippen molar-refractivity contribution < 1.29 is 9.53 Å². The van der Waals surface area contributed by atoms with Gasteiger partial charge in [0.15, 0.2) is 0 Å². The van der Waals surface area contributed by atoms with Crippen molar-refractivity contribution in [3.05, 3.63) is 18.0 Å². The molecule has 7 nitrogen and oxygen atoms in total. The van der Waals surface area contributed by atoms with Gasteiger partial charge in [-0.25, -0.2) is 0 Å². The van der Waals surface area contributed by atoms with Gasteiger partial charge in [-0.15, -0.1) is 24.8 Å². The Morgan fingerprint density at radius 1 is 1.38 bits per heavy atom. The molecule has 0 radical (unpaired) electrons. The summed E-state index contributed by atoms with van der Waals surface area (Å²) >= 11 is 0. The molecule has 1 amide bonds. The van der Waals surface area contributed by atoms with Crippen molar-refractivity contribution in [3.63, 3.8) is 0 Å². The summed E-state index contributed by atoms with van der Waals surface area (Å²) in [6, 6.07) is 0.0701. The first kappa shape index (κ1) is 25.1. The summed E-state index contributed by atoms with van der Waals surface area (Å²) in [5.41, 5.74) is 0.914. The van der Waals surface area contributed by atoms with Gasteiger partial charge in [0.1, 0.15) is 6.04 Å². The smallest absolute Gasteiger partial charge is 0.244 e. The molecule has 1 aliphatic rings. The summed E-state index contributed by atoms with van der Waals surface area (Å²) < 4.78 is 7.21. The minimum atomic E-state index is -0.328. The van der Waals surface area contributed by atoms with Crippen LogP contribution in [0.25, 0.3) is 0 Å². The fraction of sp³-hybridized carbons (Fsp3) is 0.765. The second kappa shape index (κ2) is 12.5. The minimum absolute atomic E-state index is 0. The molecule has 152 valence electrons. The van der Waals surface area contributed by atoms with Gasteiger partial charge in [0.05, 0.1) is 12.8 Å². The standard InChI is InChI=1S/C17H31N5O2.2ClH/c1-5-15-13-22(8-7-21(15)9-10-24-6-2)17(23)16(18-3)14-11-19-20(4)12-14;;/h11-12,15-16,18H,5-10,13H2,1-4H3;2*1H. The van der Waals surface area contributed by atoms with E-state index in [0.717, 1.165) is 51.4 Å². The van der Waals surface area contributed by atoms with Crippen LogP contribution in [0.2, 0.25) is 0 Å². The summed E-state index contributed by atoms with van der Waals surface area (Å²) in [6.07, 6.45) is 4.69. The summed E-state index contributed by atoms with van der Waals surface area (Å²) in [6.45, 7) is 9.10. The first-order valence-electron chi connectivity index (χ1n) is 8.87. The molecule has 26 heavy (non-hydrogen) atoms. The maximum absolute atomic E-state index is 13.0. The number of nitrogens with one attached hydrogen (secondary N) is 1. The lowest BCUT2D eigenvalue weighted by Crippen LogP contribution is -2.56. The van der Waals surface area contributed by atoms with Crippen LogP contribution in [0.1, 0.15) is 31.9 Å². The van der Waals surface area contributed by atoms with Crippen LogP contribution in [0.3, 0.4) is 0 Å². The van der Waals surface area contributed by atoms with Gasteiger partial charge in [0, 0.05) is 57.6 Å². The van der Waals surface area contributed by atoms with Gasteiger partial charge in [-0.1, -0.05) is 6.92 Å². The summed E-state index contributed by atoms with van der Waals surface area (Å²) in [7, 11) is 3.69. The highest BCUT2D eigenvalue weighted by Gasteiger charge is 2.32. The molecule has 1 aromatic rings. The fourth-order valence-corrected chi connectivity index (χ4v) is 3.31. The van der Waals surface area contributed by atoms with E-state index in [1.807, 2.05) is 32.1 Å². The largest absolute Gasteiger partial charge is 0.380 e. The molecular weight excluding hydrogens is 377 g/mol. The molecule has 0 aliphatic carbocycles. The van der Waals surface area contributed by atoms with Crippen LogP contribution in [-0.2, 0) is 16.6 Å². The van der Waals surface area contributed by atoms with Crippen LogP contribution >= 0.6 is 24.8 Å². The second-order valence-electron chi connectivity index (χ2n) is 6.25. The van der Waals surface area contributed by atoms with Gasteiger partial charge in [0.2, 0.25) is 5.91 Å². The highest BCUT2D eigenvalue weighted by Crippen LogP contribution is 2.19. The van der Waals surface area contributed by atoms with Crippen molar-refractivity contribution in [2.24, 2.45) is 7.05 Å². The zero-order valence-corrected chi connectivity index (χ0v) is 17.8. The number of piperazine rings is 1. The molecule has 2 heterocycles. The van der Waals surface area contributed by atoms with E-state index in [1.54, 1.807) is 10.9 Å². The Hall–Kier alpha value is -0.860. The predicted molar refractivity (Wildman–Crippen MR) is 108 cm³/mol. The van der Waals surface area contributed by atoms with E-state index in [0.29, 0.717) is 6.04 Å². The molecule has 0 spiro atoms. The lowest BCUT2D eigenvalue weighted by Gasteiger charge is -2.42. The molecular formula is C17H33Cl2N5O2. The van der Waals surface area contributed by atoms with Crippen LogP contribution in [0.15, 0.2) is 12.4 Å². The number of rotatable bonds is 8. The quantitative estimate of drug-likeness (QED) is 0.658. The normalized spacial score (nSPS) is 18.8. The third-order valence-electron chi connectivity index (χ3n) is 4.71. The van der Waals surface area contributed by atoms with Gasteiger partial charge in [-0.3, -0.25) is 14.4 Å². The minimum Gasteiger partial charge on any atom is -0.380 e. The zero-order valence-electron chi connectivity index (χ0n) is 16.2. The summed E-state index contributed by atoms with van der Waals surface area (Å²) in [5, 5.41) is 7.32. The van der Waals surface area contributed by atoms with Crippen molar-refractivity contribution in [1.82, 2.24) is 24.9 Å². The van der Waals surface area contributed by atoms with E-state index in [4.69, 9.17) is 4.74 Å². The Morgan fingerprint density at radius 2 is 2.12 bits per heavy atom. The molecule has 1 aromatic heterocycles. The average molecular weight is 410 g/mol. The van der Waals surface area contributed by atoms with Crippen LogP contribution < -0.4 is 5.32 Å². The lowest BCUT2D eigenvalue weighted by molar-refractivity contribution is -0.136. The Labute approximate surface area is 169 Å². The predicted octanol–water partition coefficient (Wildman–Crippen LogP) is 1.48. The number of hydrogen-bond donors (Lipinski definition) is 1. The number of aromatic nitrogens is 2. The SMILES string of the molecule is CCOCCN1CCN(C(=O)C(NC)c2cnn(C)c2)CC1CC.Cl.Cl. The molecule has 0 saturated carbocycles. The van der Waals surface area contributed by atoms with Gasteiger partial charge in [-0.2, -0.15) is 5.10 Å². The third-order valence-corrected chi connectivity index (χ3v) is 4.71. The van der Waals surface area contributed by atoms with Crippen LogP contribution in [0.4, 0.5) is 0 Å². The highest BCUT2D eigenvalue weighted by molar-refractivity contribution is 5.85. The van der Waals surface area contributed by atoms with Gasteiger partial charge >= 0.3 is 0 Å². The molecule has 1 N–H and O–H groups in total. The van der Waals surface area contributed by atoms with Crippen LogP contribution in [0.5, 0.6) is 0 Å². The molecule has 2 atom stereocenters. The molecule has 0 bridgehead atoms. The topological polar surface area (TPSA) is 62.6 Å². The van der Waals surface area contributed by atoms with E-state index >= 15 is 0 Å². The molecule has 2 rings (SSSR count). The maximum Gasteiger partial charge on any atom is 0.244 e.